The van der Waals surface area contributed by atoms with E-state index in [1.807, 2.05) is 0 Å². The molecule has 0 radical (unpaired) electrons. The van der Waals surface area contributed by atoms with Crippen LogP contribution in [-0.4, -0.2) is 33.8 Å². The number of nitrogens with two attached hydrogens (primary N) is 1. The minimum absolute atomic E-state index is 0.0760. The molecule has 1 aromatic carbocycles. The second-order valence-electron chi connectivity index (χ2n) is 3.88. The lowest BCUT2D eigenvalue weighted by Gasteiger charge is -2.15. The summed E-state index contributed by atoms with van der Waals surface area (Å²) in [6.45, 7) is 0.401. The summed E-state index contributed by atoms with van der Waals surface area (Å²) >= 11 is 0. The van der Waals surface area contributed by atoms with Gasteiger partial charge in [-0.2, -0.15) is 0 Å². The largest absolute Gasteiger partial charge is 0.496 e. The Morgan fingerprint density at radius 3 is 2.32 bits per heavy atom. The molecule has 0 aliphatic carbocycles. The van der Waals surface area contributed by atoms with Gasteiger partial charge in [-0.25, -0.2) is 8.78 Å². The SMILES string of the molecule is COc1cc(OCCC(F)F)c(OC)cc1CCN. The van der Waals surface area contributed by atoms with Crippen LogP contribution >= 0.6 is 0 Å². The van der Waals surface area contributed by atoms with E-state index in [1.54, 1.807) is 12.1 Å². The Kier molecular flexibility index (Phi) is 6.35. The van der Waals surface area contributed by atoms with Crippen LogP contribution in [0.1, 0.15) is 12.0 Å². The Balaban J connectivity index is 2.89. The first-order valence-electron chi connectivity index (χ1n) is 5.98. The number of methoxy groups -OCH3 is 2. The number of rotatable bonds is 8. The Morgan fingerprint density at radius 1 is 1.11 bits per heavy atom. The van der Waals surface area contributed by atoms with Crippen molar-refractivity contribution in [2.45, 2.75) is 19.3 Å². The Bertz CT molecular complexity index is 400. The maximum Gasteiger partial charge on any atom is 0.241 e. The first kappa shape index (κ1) is 15.5. The lowest BCUT2D eigenvalue weighted by atomic mass is 10.1. The van der Waals surface area contributed by atoms with Crippen LogP contribution < -0.4 is 19.9 Å². The number of benzene rings is 1. The summed E-state index contributed by atoms with van der Waals surface area (Å²) in [4.78, 5) is 0. The van der Waals surface area contributed by atoms with E-state index in [4.69, 9.17) is 19.9 Å². The topological polar surface area (TPSA) is 53.7 Å². The highest BCUT2D eigenvalue weighted by molar-refractivity contribution is 5.50. The molecule has 0 atom stereocenters. The normalized spacial score (nSPS) is 10.6. The van der Waals surface area contributed by atoms with Crippen LogP contribution in [0.5, 0.6) is 17.2 Å². The van der Waals surface area contributed by atoms with Gasteiger partial charge in [-0.1, -0.05) is 0 Å². The van der Waals surface area contributed by atoms with Crippen LogP contribution in [0.3, 0.4) is 0 Å². The van der Waals surface area contributed by atoms with Crippen molar-refractivity contribution in [1.82, 2.24) is 0 Å². The summed E-state index contributed by atoms with van der Waals surface area (Å²) in [6.07, 6.45) is -2.07. The average Bonchev–Trinajstić information content (AvgIpc) is 2.39. The van der Waals surface area contributed by atoms with Gasteiger partial charge in [-0.3, -0.25) is 0 Å². The number of ether oxygens (including phenoxy) is 3. The molecule has 0 unspecified atom stereocenters. The fourth-order valence-electron chi connectivity index (χ4n) is 1.65. The van der Waals surface area contributed by atoms with Crippen molar-refractivity contribution >= 4 is 0 Å². The van der Waals surface area contributed by atoms with Gasteiger partial charge in [0.1, 0.15) is 5.75 Å². The first-order valence-corrected chi connectivity index (χ1v) is 5.98. The zero-order valence-corrected chi connectivity index (χ0v) is 11.1. The van der Waals surface area contributed by atoms with Crippen LogP contribution in [0.15, 0.2) is 12.1 Å². The first-order chi connectivity index (χ1) is 9.12. The van der Waals surface area contributed by atoms with Gasteiger partial charge in [-0.05, 0) is 24.6 Å². The van der Waals surface area contributed by atoms with Crippen molar-refractivity contribution in [2.75, 3.05) is 27.4 Å². The van der Waals surface area contributed by atoms with Crippen LogP contribution in [-0.2, 0) is 6.42 Å². The molecule has 0 heterocycles. The van der Waals surface area contributed by atoms with E-state index >= 15 is 0 Å². The van der Waals surface area contributed by atoms with E-state index in [0.29, 0.717) is 30.2 Å². The maximum atomic E-state index is 12.1. The molecule has 4 nitrogen and oxygen atoms in total. The zero-order chi connectivity index (χ0) is 14.3. The molecule has 0 amide bonds. The van der Waals surface area contributed by atoms with Gasteiger partial charge in [0.05, 0.1) is 20.8 Å². The number of hydrogen-bond acceptors (Lipinski definition) is 4. The van der Waals surface area contributed by atoms with Crippen LogP contribution in [0.4, 0.5) is 8.78 Å². The summed E-state index contributed by atoms with van der Waals surface area (Å²) in [5, 5.41) is 0. The predicted molar refractivity (Wildman–Crippen MR) is 68.4 cm³/mol. The molecular weight excluding hydrogens is 256 g/mol. The summed E-state index contributed by atoms with van der Waals surface area (Å²) in [7, 11) is 3.03. The Hall–Kier alpha value is -1.56. The standard InChI is InChI=1S/C13H19F2NO3/c1-17-10-8-12(19-6-4-13(14)15)11(18-2)7-9(10)3-5-16/h7-8,13H,3-6,16H2,1-2H3. The van der Waals surface area contributed by atoms with Gasteiger partial charge in [-0.15, -0.1) is 0 Å². The second kappa shape index (κ2) is 7.78. The van der Waals surface area contributed by atoms with E-state index in [9.17, 15) is 8.78 Å². The van der Waals surface area contributed by atoms with E-state index in [-0.39, 0.29) is 13.0 Å². The lowest BCUT2D eigenvalue weighted by molar-refractivity contribution is 0.113. The highest BCUT2D eigenvalue weighted by atomic mass is 19.3. The van der Waals surface area contributed by atoms with E-state index in [1.165, 1.54) is 14.2 Å². The molecule has 19 heavy (non-hydrogen) atoms. The summed E-state index contributed by atoms with van der Waals surface area (Å²) in [5.74, 6) is 1.48. The van der Waals surface area contributed by atoms with Crippen LogP contribution in [0.25, 0.3) is 0 Å². The van der Waals surface area contributed by atoms with E-state index in [0.717, 1.165) is 5.56 Å². The monoisotopic (exact) mass is 275 g/mol. The minimum Gasteiger partial charge on any atom is -0.496 e. The molecule has 1 rings (SSSR count). The number of halogens is 2. The zero-order valence-electron chi connectivity index (χ0n) is 11.1. The van der Waals surface area contributed by atoms with Gasteiger partial charge in [0.15, 0.2) is 11.5 Å². The third-order valence-electron chi connectivity index (χ3n) is 2.57. The molecule has 0 fully saturated rings. The minimum atomic E-state index is -2.38. The number of hydrogen-bond donors (Lipinski definition) is 1. The highest BCUT2D eigenvalue weighted by Crippen LogP contribution is 2.35. The molecule has 0 saturated heterocycles. The maximum absolute atomic E-state index is 12.1. The second-order valence-corrected chi connectivity index (χ2v) is 3.88. The summed E-state index contributed by atoms with van der Waals surface area (Å²) < 4.78 is 39.9. The fourth-order valence-corrected chi connectivity index (χ4v) is 1.65. The van der Waals surface area contributed by atoms with Crippen molar-refractivity contribution in [3.8, 4) is 17.2 Å². The quantitative estimate of drug-likeness (QED) is 0.790. The van der Waals surface area contributed by atoms with Gasteiger partial charge < -0.3 is 19.9 Å². The molecule has 6 heteroatoms. The third kappa shape index (κ3) is 4.55. The molecule has 0 bridgehead atoms. The molecule has 1 aromatic rings. The van der Waals surface area contributed by atoms with Crippen molar-refractivity contribution in [3.05, 3.63) is 17.7 Å². The number of alkyl halides is 2. The molecule has 0 aliphatic rings. The van der Waals surface area contributed by atoms with E-state index in [2.05, 4.69) is 0 Å². The van der Waals surface area contributed by atoms with Gasteiger partial charge >= 0.3 is 0 Å². The lowest BCUT2D eigenvalue weighted by Crippen LogP contribution is -2.07. The molecule has 0 aromatic heterocycles. The summed E-state index contributed by atoms with van der Waals surface area (Å²) in [6, 6.07) is 3.39. The highest BCUT2D eigenvalue weighted by Gasteiger charge is 2.12. The third-order valence-corrected chi connectivity index (χ3v) is 2.57. The molecule has 2 N–H and O–H groups in total. The Morgan fingerprint density at radius 2 is 1.79 bits per heavy atom. The molecule has 0 aliphatic heterocycles. The molecule has 0 spiro atoms. The van der Waals surface area contributed by atoms with Crippen LogP contribution in [0, 0.1) is 0 Å². The van der Waals surface area contributed by atoms with Crippen molar-refractivity contribution < 1.29 is 23.0 Å². The predicted octanol–water partition coefficient (Wildman–Crippen LogP) is 2.24. The van der Waals surface area contributed by atoms with Gasteiger partial charge in [0.25, 0.3) is 0 Å². The summed E-state index contributed by atoms with van der Waals surface area (Å²) in [5.41, 5.74) is 6.41. The molecular formula is C13H19F2NO3. The smallest absolute Gasteiger partial charge is 0.241 e. The molecule has 0 saturated carbocycles. The van der Waals surface area contributed by atoms with Crippen LogP contribution in [0.2, 0.25) is 0 Å². The van der Waals surface area contributed by atoms with Gasteiger partial charge in [0, 0.05) is 12.5 Å². The molecule has 108 valence electrons. The van der Waals surface area contributed by atoms with Crippen molar-refractivity contribution in [1.29, 1.82) is 0 Å². The van der Waals surface area contributed by atoms with Crippen molar-refractivity contribution in [3.63, 3.8) is 0 Å². The van der Waals surface area contributed by atoms with Crippen molar-refractivity contribution in [2.24, 2.45) is 5.73 Å². The van der Waals surface area contributed by atoms with E-state index < -0.39 is 6.43 Å². The average molecular weight is 275 g/mol. The Labute approximate surface area is 111 Å². The van der Waals surface area contributed by atoms with Gasteiger partial charge in [0.2, 0.25) is 6.43 Å². The fraction of sp³-hybridized carbons (Fsp3) is 0.538.